The molecular formula is C14H20N2O4. The molecule has 2 rings (SSSR count). The highest BCUT2D eigenvalue weighted by Gasteiger charge is 2.30. The van der Waals surface area contributed by atoms with Crippen LogP contribution in [0.2, 0.25) is 0 Å². The van der Waals surface area contributed by atoms with Crippen molar-refractivity contribution in [2.24, 2.45) is 0 Å². The number of hydrogen-bond acceptors (Lipinski definition) is 4. The Hall–Kier alpha value is -1.82. The molecule has 0 radical (unpaired) electrons. The summed E-state index contributed by atoms with van der Waals surface area (Å²) >= 11 is 0. The van der Waals surface area contributed by atoms with E-state index < -0.39 is 12.0 Å². The van der Waals surface area contributed by atoms with E-state index in [1.165, 1.54) is 0 Å². The van der Waals surface area contributed by atoms with E-state index in [0.717, 1.165) is 12.8 Å². The minimum absolute atomic E-state index is 0.0884. The van der Waals surface area contributed by atoms with Crippen molar-refractivity contribution in [1.29, 1.82) is 0 Å². The van der Waals surface area contributed by atoms with Gasteiger partial charge in [-0.05, 0) is 31.5 Å². The molecule has 110 valence electrons. The van der Waals surface area contributed by atoms with Gasteiger partial charge in [-0.25, -0.2) is 0 Å². The molecule has 2 heterocycles. The van der Waals surface area contributed by atoms with E-state index in [1.807, 2.05) is 6.07 Å². The Morgan fingerprint density at radius 3 is 2.95 bits per heavy atom. The van der Waals surface area contributed by atoms with E-state index in [9.17, 15) is 14.7 Å². The average molecular weight is 280 g/mol. The van der Waals surface area contributed by atoms with Gasteiger partial charge in [0.1, 0.15) is 11.8 Å². The standard InChI is InChI=1S/C14H20N2O4/c1-15(9-11-5-4-8-20-11)13(17)10-16-7-3-2-6-12(16)14(18)19/h4-5,8,12H,2-3,6-7,9-10H2,1H3,(H,18,19). The molecule has 1 saturated heterocycles. The second-order valence-corrected chi connectivity index (χ2v) is 5.15. The van der Waals surface area contributed by atoms with Crippen LogP contribution in [0, 0.1) is 0 Å². The largest absolute Gasteiger partial charge is 0.480 e. The van der Waals surface area contributed by atoms with Gasteiger partial charge in [0.15, 0.2) is 0 Å². The van der Waals surface area contributed by atoms with Crippen LogP contribution in [0.5, 0.6) is 0 Å². The average Bonchev–Trinajstić information content (AvgIpc) is 2.91. The molecule has 0 aromatic carbocycles. The molecule has 0 bridgehead atoms. The summed E-state index contributed by atoms with van der Waals surface area (Å²) in [5.41, 5.74) is 0. The van der Waals surface area contributed by atoms with Gasteiger partial charge in [-0.2, -0.15) is 0 Å². The summed E-state index contributed by atoms with van der Waals surface area (Å²) in [7, 11) is 1.70. The minimum Gasteiger partial charge on any atom is -0.480 e. The Labute approximate surface area is 118 Å². The number of piperidine rings is 1. The van der Waals surface area contributed by atoms with Gasteiger partial charge in [-0.3, -0.25) is 14.5 Å². The number of likely N-dealkylation sites (N-methyl/N-ethyl adjacent to an activating group) is 1. The zero-order valence-corrected chi connectivity index (χ0v) is 11.6. The number of carboxylic acids is 1. The maximum absolute atomic E-state index is 12.2. The van der Waals surface area contributed by atoms with Crippen molar-refractivity contribution < 1.29 is 19.1 Å². The van der Waals surface area contributed by atoms with Crippen LogP contribution >= 0.6 is 0 Å². The van der Waals surface area contributed by atoms with Gasteiger partial charge in [0.05, 0.1) is 19.4 Å². The first kappa shape index (κ1) is 14.6. The van der Waals surface area contributed by atoms with Crippen LogP contribution in [0.15, 0.2) is 22.8 Å². The van der Waals surface area contributed by atoms with Crippen LogP contribution in [0.4, 0.5) is 0 Å². The highest BCUT2D eigenvalue weighted by molar-refractivity contribution is 5.80. The Morgan fingerprint density at radius 2 is 2.30 bits per heavy atom. The monoisotopic (exact) mass is 280 g/mol. The van der Waals surface area contributed by atoms with E-state index >= 15 is 0 Å². The molecule has 1 aromatic heterocycles. The van der Waals surface area contributed by atoms with Gasteiger partial charge in [-0.15, -0.1) is 0 Å². The van der Waals surface area contributed by atoms with Crippen molar-refractivity contribution in [3.8, 4) is 0 Å². The van der Waals surface area contributed by atoms with E-state index in [4.69, 9.17) is 4.42 Å². The molecule has 6 nitrogen and oxygen atoms in total. The molecular weight excluding hydrogens is 260 g/mol. The summed E-state index contributed by atoms with van der Waals surface area (Å²) in [5.74, 6) is -0.213. The zero-order chi connectivity index (χ0) is 14.5. The molecule has 0 saturated carbocycles. The number of amides is 1. The summed E-state index contributed by atoms with van der Waals surface area (Å²) in [6.07, 6.45) is 4.03. The Kier molecular flexibility index (Phi) is 4.79. The SMILES string of the molecule is CN(Cc1ccco1)C(=O)CN1CCCCC1C(=O)O. The number of carbonyl (C=O) groups excluding carboxylic acids is 1. The second-order valence-electron chi connectivity index (χ2n) is 5.15. The van der Waals surface area contributed by atoms with Crippen LogP contribution < -0.4 is 0 Å². The molecule has 1 aliphatic rings. The van der Waals surface area contributed by atoms with Gasteiger partial charge in [0, 0.05) is 7.05 Å². The van der Waals surface area contributed by atoms with Crippen molar-refractivity contribution in [1.82, 2.24) is 9.80 Å². The third-order valence-electron chi connectivity index (χ3n) is 3.64. The van der Waals surface area contributed by atoms with E-state index in [-0.39, 0.29) is 12.5 Å². The van der Waals surface area contributed by atoms with E-state index in [2.05, 4.69) is 0 Å². The first-order valence-corrected chi connectivity index (χ1v) is 6.81. The lowest BCUT2D eigenvalue weighted by Gasteiger charge is -2.33. The van der Waals surface area contributed by atoms with Gasteiger partial charge in [0.2, 0.25) is 5.91 Å². The molecule has 0 aliphatic carbocycles. The number of aliphatic carboxylic acids is 1. The topological polar surface area (TPSA) is 74.0 Å². The first-order valence-electron chi connectivity index (χ1n) is 6.81. The highest BCUT2D eigenvalue weighted by atomic mass is 16.4. The maximum Gasteiger partial charge on any atom is 0.320 e. The lowest BCUT2D eigenvalue weighted by Crippen LogP contribution is -2.49. The number of carbonyl (C=O) groups is 2. The molecule has 1 aliphatic heterocycles. The third-order valence-corrected chi connectivity index (χ3v) is 3.64. The predicted octanol–water partition coefficient (Wildman–Crippen LogP) is 1.18. The normalized spacial score (nSPS) is 19.8. The Morgan fingerprint density at radius 1 is 1.50 bits per heavy atom. The van der Waals surface area contributed by atoms with E-state index in [1.54, 1.807) is 29.2 Å². The molecule has 1 unspecified atom stereocenters. The van der Waals surface area contributed by atoms with Crippen LogP contribution in [-0.2, 0) is 16.1 Å². The molecule has 1 N–H and O–H groups in total. The lowest BCUT2D eigenvalue weighted by molar-refractivity contribution is -0.146. The Bertz CT molecular complexity index is 458. The lowest BCUT2D eigenvalue weighted by atomic mass is 10.0. The summed E-state index contributed by atoms with van der Waals surface area (Å²) in [5, 5.41) is 9.19. The summed E-state index contributed by atoms with van der Waals surface area (Å²) in [6, 6.07) is 3.05. The molecule has 20 heavy (non-hydrogen) atoms. The Balaban J connectivity index is 1.90. The summed E-state index contributed by atoms with van der Waals surface area (Å²) in [4.78, 5) is 26.7. The van der Waals surface area contributed by atoms with Gasteiger partial charge < -0.3 is 14.4 Å². The van der Waals surface area contributed by atoms with Crippen LogP contribution in [0.3, 0.4) is 0 Å². The van der Waals surface area contributed by atoms with Crippen molar-refractivity contribution in [2.75, 3.05) is 20.1 Å². The fourth-order valence-electron chi connectivity index (χ4n) is 2.48. The van der Waals surface area contributed by atoms with Crippen molar-refractivity contribution in [3.05, 3.63) is 24.2 Å². The number of nitrogens with zero attached hydrogens (tertiary/aromatic N) is 2. The molecule has 1 fully saturated rings. The van der Waals surface area contributed by atoms with Crippen LogP contribution in [-0.4, -0.2) is 53.0 Å². The molecule has 0 spiro atoms. The fourth-order valence-corrected chi connectivity index (χ4v) is 2.48. The van der Waals surface area contributed by atoms with Crippen LogP contribution in [0.1, 0.15) is 25.0 Å². The number of furan rings is 1. The smallest absolute Gasteiger partial charge is 0.320 e. The summed E-state index contributed by atoms with van der Waals surface area (Å²) < 4.78 is 5.20. The number of rotatable bonds is 5. The maximum atomic E-state index is 12.2. The van der Waals surface area contributed by atoms with Crippen molar-refractivity contribution >= 4 is 11.9 Å². The number of likely N-dealkylation sites (tertiary alicyclic amines) is 1. The number of carboxylic acid groups (broad SMARTS) is 1. The third kappa shape index (κ3) is 3.60. The highest BCUT2D eigenvalue weighted by Crippen LogP contribution is 2.17. The molecule has 1 atom stereocenters. The van der Waals surface area contributed by atoms with Crippen molar-refractivity contribution in [2.45, 2.75) is 31.8 Å². The predicted molar refractivity (Wildman–Crippen MR) is 72.0 cm³/mol. The number of hydrogen-bond donors (Lipinski definition) is 1. The van der Waals surface area contributed by atoms with Crippen LogP contribution in [0.25, 0.3) is 0 Å². The molecule has 6 heteroatoms. The fraction of sp³-hybridized carbons (Fsp3) is 0.571. The van der Waals surface area contributed by atoms with Gasteiger partial charge in [0.25, 0.3) is 0 Å². The quantitative estimate of drug-likeness (QED) is 0.876. The molecule has 1 amide bonds. The van der Waals surface area contributed by atoms with E-state index in [0.29, 0.717) is 25.3 Å². The van der Waals surface area contributed by atoms with Crippen molar-refractivity contribution in [3.63, 3.8) is 0 Å². The zero-order valence-electron chi connectivity index (χ0n) is 11.6. The first-order chi connectivity index (χ1) is 9.58. The van der Waals surface area contributed by atoms with Gasteiger partial charge in [-0.1, -0.05) is 6.42 Å². The summed E-state index contributed by atoms with van der Waals surface area (Å²) in [6.45, 7) is 1.21. The molecule has 1 aromatic rings. The second kappa shape index (κ2) is 6.56. The minimum atomic E-state index is -0.841. The van der Waals surface area contributed by atoms with Gasteiger partial charge >= 0.3 is 5.97 Å².